The van der Waals surface area contributed by atoms with E-state index >= 15 is 0 Å². The van der Waals surface area contributed by atoms with Gasteiger partial charge in [-0.05, 0) is 50.1 Å². The van der Waals surface area contributed by atoms with Crippen LogP contribution >= 0.6 is 11.6 Å². The molecule has 20 heavy (non-hydrogen) atoms. The van der Waals surface area contributed by atoms with E-state index in [2.05, 4.69) is 6.92 Å². The van der Waals surface area contributed by atoms with Gasteiger partial charge in [-0.3, -0.25) is 4.79 Å². The molecule has 0 radical (unpaired) electrons. The van der Waals surface area contributed by atoms with Crippen molar-refractivity contribution in [2.45, 2.75) is 25.8 Å². The highest BCUT2D eigenvalue weighted by Crippen LogP contribution is 2.23. The van der Waals surface area contributed by atoms with Gasteiger partial charge < -0.3 is 15.4 Å². The standard InChI is InChI=1S/C15H21ClN2O2/c1-11-8-12(9-17)10-18(11)15(19)6-7-20-14-4-2-13(16)3-5-14/h2-5,11-12H,6-10,17H2,1H3. The summed E-state index contributed by atoms with van der Waals surface area (Å²) in [6.45, 7) is 3.89. The first-order chi connectivity index (χ1) is 9.60. The van der Waals surface area contributed by atoms with Crippen LogP contribution in [0.3, 0.4) is 0 Å². The molecule has 1 fully saturated rings. The van der Waals surface area contributed by atoms with Crippen molar-refractivity contribution in [3.8, 4) is 5.75 Å². The van der Waals surface area contributed by atoms with E-state index in [1.165, 1.54) is 0 Å². The first-order valence-corrected chi connectivity index (χ1v) is 7.36. The molecule has 1 aliphatic heterocycles. The zero-order valence-electron chi connectivity index (χ0n) is 11.7. The molecule has 0 spiro atoms. The number of likely N-dealkylation sites (tertiary alicyclic amines) is 1. The lowest BCUT2D eigenvalue weighted by Crippen LogP contribution is -2.35. The molecule has 2 N–H and O–H groups in total. The highest BCUT2D eigenvalue weighted by molar-refractivity contribution is 6.30. The van der Waals surface area contributed by atoms with E-state index in [9.17, 15) is 4.79 Å². The number of hydrogen-bond acceptors (Lipinski definition) is 3. The first kappa shape index (κ1) is 15.1. The molecule has 1 amide bonds. The number of amides is 1. The van der Waals surface area contributed by atoms with E-state index in [0.717, 1.165) is 18.7 Å². The minimum atomic E-state index is 0.141. The van der Waals surface area contributed by atoms with Crippen molar-refractivity contribution in [1.29, 1.82) is 0 Å². The number of hydrogen-bond donors (Lipinski definition) is 1. The van der Waals surface area contributed by atoms with Crippen LogP contribution in [0.1, 0.15) is 19.8 Å². The SMILES string of the molecule is CC1CC(CN)CN1C(=O)CCOc1ccc(Cl)cc1. The molecular weight excluding hydrogens is 276 g/mol. The van der Waals surface area contributed by atoms with Crippen LogP contribution < -0.4 is 10.5 Å². The Morgan fingerprint density at radius 3 is 2.75 bits per heavy atom. The molecule has 2 unspecified atom stereocenters. The summed E-state index contributed by atoms with van der Waals surface area (Å²) < 4.78 is 5.55. The number of benzene rings is 1. The molecule has 0 saturated carbocycles. The Hall–Kier alpha value is -1.26. The average Bonchev–Trinajstić information content (AvgIpc) is 2.82. The van der Waals surface area contributed by atoms with Crippen LogP contribution in [0.15, 0.2) is 24.3 Å². The van der Waals surface area contributed by atoms with Crippen LogP contribution in [0.5, 0.6) is 5.75 Å². The number of nitrogens with zero attached hydrogens (tertiary/aromatic N) is 1. The Labute approximate surface area is 124 Å². The Balaban J connectivity index is 1.76. The van der Waals surface area contributed by atoms with Crippen molar-refractivity contribution < 1.29 is 9.53 Å². The third-order valence-corrected chi connectivity index (χ3v) is 3.97. The van der Waals surface area contributed by atoms with E-state index in [4.69, 9.17) is 22.1 Å². The maximum atomic E-state index is 12.1. The molecule has 1 saturated heterocycles. The van der Waals surface area contributed by atoms with Gasteiger partial charge in [0.1, 0.15) is 5.75 Å². The Morgan fingerprint density at radius 1 is 1.45 bits per heavy atom. The lowest BCUT2D eigenvalue weighted by molar-refractivity contribution is -0.132. The maximum absolute atomic E-state index is 12.1. The summed E-state index contributed by atoms with van der Waals surface area (Å²) in [5.41, 5.74) is 5.67. The van der Waals surface area contributed by atoms with Gasteiger partial charge in [-0.2, -0.15) is 0 Å². The summed E-state index contributed by atoms with van der Waals surface area (Å²) in [6, 6.07) is 7.43. The molecule has 1 heterocycles. The second-order valence-electron chi connectivity index (χ2n) is 5.28. The van der Waals surface area contributed by atoms with E-state index in [0.29, 0.717) is 30.5 Å². The van der Waals surface area contributed by atoms with Gasteiger partial charge in [-0.15, -0.1) is 0 Å². The van der Waals surface area contributed by atoms with Gasteiger partial charge in [0.2, 0.25) is 5.91 Å². The highest BCUT2D eigenvalue weighted by atomic mass is 35.5. The largest absolute Gasteiger partial charge is 0.493 e. The highest BCUT2D eigenvalue weighted by Gasteiger charge is 2.31. The molecule has 2 rings (SSSR count). The molecule has 2 atom stereocenters. The topological polar surface area (TPSA) is 55.6 Å². The van der Waals surface area contributed by atoms with Crippen LogP contribution in [0.2, 0.25) is 5.02 Å². The van der Waals surface area contributed by atoms with Crippen molar-refractivity contribution >= 4 is 17.5 Å². The molecule has 1 aromatic rings. The summed E-state index contributed by atoms with van der Waals surface area (Å²) in [6.07, 6.45) is 1.39. The van der Waals surface area contributed by atoms with Gasteiger partial charge in [-0.25, -0.2) is 0 Å². The smallest absolute Gasteiger partial charge is 0.226 e. The zero-order chi connectivity index (χ0) is 14.5. The summed E-state index contributed by atoms with van der Waals surface area (Å²) >= 11 is 5.80. The van der Waals surface area contributed by atoms with Crippen LogP contribution in [-0.4, -0.2) is 36.5 Å². The van der Waals surface area contributed by atoms with Crippen molar-refractivity contribution in [2.24, 2.45) is 11.7 Å². The quantitative estimate of drug-likeness (QED) is 0.907. The third-order valence-electron chi connectivity index (χ3n) is 3.71. The van der Waals surface area contributed by atoms with Gasteiger partial charge in [-0.1, -0.05) is 11.6 Å². The van der Waals surface area contributed by atoms with E-state index in [1.54, 1.807) is 24.3 Å². The minimum Gasteiger partial charge on any atom is -0.493 e. The number of halogens is 1. The molecule has 110 valence electrons. The van der Waals surface area contributed by atoms with Crippen molar-refractivity contribution in [2.75, 3.05) is 19.7 Å². The predicted octanol–water partition coefficient (Wildman–Crippen LogP) is 2.30. The number of nitrogens with two attached hydrogens (primary N) is 1. The second-order valence-corrected chi connectivity index (χ2v) is 5.72. The third kappa shape index (κ3) is 3.87. The summed E-state index contributed by atoms with van der Waals surface area (Å²) in [5.74, 6) is 1.31. The normalized spacial score (nSPS) is 22.1. The molecule has 0 aromatic heterocycles. The van der Waals surface area contributed by atoms with Gasteiger partial charge in [0, 0.05) is 17.6 Å². The fraction of sp³-hybridized carbons (Fsp3) is 0.533. The van der Waals surface area contributed by atoms with Gasteiger partial charge in [0.25, 0.3) is 0 Å². The fourth-order valence-electron chi connectivity index (χ4n) is 2.59. The Kier molecular flexibility index (Phi) is 5.26. The van der Waals surface area contributed by atoms with Crippen molar-refractivity contribution in [3.63, 3.8) is 0 Å². The molecule has 0 aliphatic carbocycles. The number of carbonyl (C=O) groups excluding carboxylic acids is 1. The number of carbonyl (C=O) groups is 1. The number of rotatable bonds is 5. The lowest BCUT2D eigenvalue weighted by atomic mass is 10.1. The van der Waals surface area contributed by atoms with E-state index in [-0.39, 0.29) is 11.9 Å². The molecule has 1 aromatic carbocycles. The summed E-state index contributed by atoms with van der Waals surface area (Å²) in [5, 5.41) is 0.673. The van der Waals surface area contributed by atoms with Crippen molar-refractivity contribution in [1.82, 2.24) is 4.90 Å². The zero-order valence-corrected chi connectivity index (χ0v) is 12.5. The second kappa shape index (κ2) is 6.95. The average molecular weight is 297 g/mol. The summed E-state index contributed by atoms with van der Waals surface area (Å²) in [7, 11) is 0. The molecule has 4 nitrogen and oxygen atoms in total. The molecule has 0 bridgehead atoms. The predicted molar refractivity (Wildman–Crippen MR) is 79.9 cm³/mol. The monoisotopic (exact) mass is 296 g/mol. The fourth-order valence-corrected chi connectivity index (χ4v) is 2.72. The van der Waals surface area contributed by atoms with Gasteiger partial charge in [0.15, 0.2) is 0 Å². The van der Waals surface area contributed by atoms with Crippen LogP contribution in [0.25, 0.3) is 0 Å². The van der Waals surface area contributed by atoms with E-state index < -0.39 is 0 Å². The minimum absolute atomic E-state index is 0.141. The Bertz CT molecular complexity index is 450. The van der Waals surface area contributed by atoms with E-state index in [1.807, 2.05) is 4.90 Å². The van der Waals surface area contributed by atoms with Crippen LogP contribution in [-0.2, 0) is 4.79 Å². The number of ether oxygens (including phenoxy) is 1. The molecule has 1 aliphatic rings. The van der Waals surface area contributed by atoms with Crippen LogP contribution in [0, 0.1) is 5.92 Å². The van der Waals surface area contributed by atoms with Gasteiger partial charge >= 0.3 is 0 Å². The first-order valence-electron chi connectivity index (χ1n) is 6.98. The summed E-state index contributed by atoms with van der Waals surface area (Å²) in [4.78, 5) is 14.1. The Morgan fingerprint density at radius 2 is 2.15 bits per heavy atom. The van der Waals surface area contributed by atoms with Gasteiger partial charge in [0.05, 0.1) is 13.0 Å². The van der Waals surface area contributed by atoms with Crippen molar-refractivity contribution in [3.05, 3.63) is 29.3 Å². The lowest BCUT2D eigenvalue weighted by Gasteiger charge is -2.21. The maximum Gasteiger partial charge on any atom is 0.226 e. The molecule has 5 heteroatoms. The van der Waals surface area contributed by atoms with Crippen LogP contribution in [0.4, 0.5) is 0 Å². The molecular formula is C15H21ClN2O2.